The van der Waals surface area contributed by atoms with E-state index in [0.29, 0.717) is 36.9 Å². The van der Waals surface area contributed by atoms with Gasteiger partial charge in [-0.25, -0.2) is 0 Å². The Bertz CT molecular complexity index is 1050. The molecule has 190 valence electrons. The number of benzene rings is 1. The first kappa shape index (κ1) is 25.5. The lowest BCUT2D eigenvalue weighted by Crippen LogP contribution is -2.45. The summed E-state index contributed by atoms with van der Waals surface area (Å²) in [5.41, 5.74) is 4.55. The number of allylic oxidation sites excluding steroid dienone is 4. The number of Topliss-reactive ketones (excluding diaryl/α,β-unsaturated/α-hetero) is 2. The number of hydrogen-bond donors (Lipinski definition) is 0. The zero-order chi connectivity index (χ0) is 25.7. The molecule has 1 aliphatic heterocycles. The second kappa shape index (κ2) is 9.15. The minimum atomic E-state index is -0.360. The van der Waals surface area contributed by atoms with Gasteiger partial charge in [0.25, 0.3) is 0 Å². The van der Waals surface area contributed by atoms with Crippen LogP contribution in [0.25, 0.3) is 0 Å². The Morgan fingerprint density at radius 3 is 1.91 bits per heavy atom. The molecule has 0 unspecified atom stereocenters. The standard InChI is InChI=1S/C30H41NO4/c1-9-35-25-12-19(10-11-24(25)34-8)26-27-20(13-29(4,5)15-22(27)32)31(17-18(2)3)21-14-30(6,7)16-23(33)28(21)26/h10-12,18,26H,9,13-17H2,1-8H3. The molecule has 1 heterocycles. The van der Waals surface area contributed by atoms with Crippen molar-refractivity contribution in [2.45, 2.75) is 80.1 Å². The molecule has 0 radical (unpaired) electrons. The summed E-state index contributed by atoms with van der Waals surface area (Å²) in [7, 11) is 1.63. The highest BCUT2D eigenvalue weighted by molar-refractivity contribution is 6.06. The summed E-state index contributed by atoms with van der Waals surface area (Å²) in [5, 5.41) is 0. The van der Waals surface area contributed by atoms with E-state index in [2.05, 4.69) is 46.4 Å². The maximum Gasteiger partial charge on any atom is 0.162 e. The van der Waals surface area contributed by atoms with Gasteiger partial charge in [-0.05, 0) is 54.2 Å². The highest BCUT2D eigenvalue weighted by Crippen LogP contribution is 2.55. The normalized spacial score (nSPS) is 21.9. The molecule has 5 heteroatoms. The van der Waals surface area contributed by atoms with E-state index >= 15 is 0 Å². The number of nitrogens with zero attached hydrogens (tertiary/aromatic N) is 1. The van der Waals surface area contributed by atoms with Crippen molar-refractivity contribution in [2.75, 3.05) is 20.3 Å². The van der Waals surface area contributed by atoms with Gasteiger partial charge in [0.2, 0.25) is 0 Å². The molecule has 1 aromatic carbocycles. The molecule has 0 saturated heterocycles. The van der Waals surface area contributed by atoms with Crippen molar-refractivity contribution < 1.29 is 19.1 Å². The topological polar surface area (TPSA) is 55.8 Å². The van der Waals surface area contributed by atoms with Gasteiger partial charge < -0.3 is 14.4 Å². The Kier molecular flexibility index (Phi) is 6.67. The van der Waals surface area contributed by atoms with Gasteiger partial charge in [-0.2, -0.15) is 0 Å². The van der Waals surface area contributed by atoms with Crippen molar-refractivity contribution in [3.8, 4) is 11.5 Å². The highest BCUT2D eigenvalue weighted by Gasteiger charge is 2.49. The lowest BCUT2D eigenvalue weighted by atomic mass is 9.63. The molecule has 5 nitrogen and oxygen atoms in total. The van der Waals surface area contributed by atoms with Crippen LogP contribution in [-0.4, -0.2) is 36.7 Å². The summed E-state index contributed by atoms with van der Waals surface area (Å²) in [6.07, 6.45) is 2.65. The van der Waals surface area contributed by atoms with Crippen LogP contribution in [0.5, 0.6) is 11.5 Å². The van der Waals surface area contributed by atoms with Crippen LogP contribution in [-0.2, 0) is 9.59 Å². The zero-order valence-corrected chi connectivity index (χ0v) is 22.7. The lowest BCUT2D eigenvalue weighted by molar-refractivity contribution is -0.119. The summed E-state index contributed by atoms with van der Waals surface area (Å²) >= 11 is 0. The summed E-state index contributed by atoms with van der Waals surface area (Å²) < 4.78 is 11.4. The smallest absolute Gasteiger partial charge is 0.162 e. The van der Waals surface area contributed by atoms with E-state index in [4.69, 9.17) is 9.47 Å². The lowest BCUT2D eigenvalue weighted by Gasteiger charge is -2.49. The fourth-order valence-electron chi connectivity index (χ4n) is 6.11. The number of hydrogen-bond acceptors (Lipinski definition) is 5. The molecular weight excluding hydrogens is 438 g/mol. The van der Waals surface area contributed by atoms with Crippen LogP contribution in [0.3, 0.4) is 0 Å². The van der Waals surface area contributed by atoms with Gasteiger partial charge in [0.1, 0.15) is 0 Å². The number of ether oxygens (including phenoxy) is 2. The van der Waals surface area contributed by atoms with Crippen molar-refractivity contribution >= 4 is 11.6 Å². The van der Waals surface area contributed by atoms with Crippen molar-refractivity contribution in [1.82, 2.24) is 4.90 Å². The number of rotatable bonds is 6. The second-order valence-electron chi connectivity index (χ2n) is 12.4. The average molecular weight is 480 g/mol. The number of carbonyl (C=O) groups is 2. The zero-order valence-electron chi connectivity index (χ0n) is 22.7. The molecule has 0 fully saturated rings. The maximum absolute atomic E-state index is 13.8. The summed E-state index contributed by atoms with van der Waals surface area (Å²) in [5.74, 6) is 1.67. The molecule has 4 rings (SSSR count). The van der Waals surface area contributed by atoms with Crippen molar-refractivity contribution in [1.29, 1.82) is 0 Å². The Morgan fingerprint density at radius 1 is 0.914 bits per heavy atom. The van der Waals surface area contributed by atoms with Crippen LogP contribution >= 0.6 is 0 Å². The van der Waals surface area contributed by atoms with Crippen LogP contribution in [0.2, 0.25) is 0 Å². The third-order valence-corrected chi connectivity index (χ3v) is 7.39. The quantitative estimate of drug-likeness (QED) is 0.470. The minimum absolute atomic E-state index is 0.113. The Balaban J connectivity index is 1.99. The Morgan fingerprint density at radius 2 is 1.46 bits per heavy atom. The van der Waals surface area contributed by atoms with E-state index in [0.717, 1.165) is 47.5 Å². The number of carbonyl (C=O) groups excluding carboxylic acids is 2. The fraction of sp³-hybridized carbons (Fsp3) is 0.600. The van der Waals surface area contributed by atoms with Gasteiger partial charge in [0, 0.05) is 47.8 Å². The van der Waals surface area contributed by atoms with Gasteiger partial charge in [0.15, 0.2) is 23.1 Å². The van der Waals surface area contributed by atoms with Crippen LogP contribution in [0.15, 0.2) is 40.7 Å². The monoisotopic (exact) mass is 479 g/mol. The van der Waals surface area contributed by atoms with Crippen molar-refractivity contribution in [3.05, 3.63) is 46.3 Å². The number of methoxy groups -OCH3 is 1. The molecule has 0 bridgehead atoms. The third kappa shape index (κ3) is 4.79. The SMILES string of the molecule is CCOc1cc(C2C3=C(CC(C)(C)CC3=O)N(CC(C)C)C3=C2C(=O)CC(C)(C)C3)ccc1OC. The Hall–Kier alpha value is -2.56. The number of ketones is 2. The first-order chi connectivity index (χ1) is 16.4. The molecule has 0 aromatic heterocycles. The fourth-order valence-corrected chi connectivity index (χ4v) is 6.11. The van der Waals surface area contributed by atoms with Crippen LogP contribution in [0.4, 0.5) is 0 Å². The van der Waals surface area contributed by atoms with E-state index in [1.54, 1.807) is 7.11 Å². The summed E-state index contributed by atoms with van der Waals surface area (Å²) in [6.45, 7) is 16.4. The predicted molar refractivity (Wildman–Crippen MR) is 139 cm³/mol. The molecule has 0 atom stereocenters. The summed E-state index contributed by atoms with van der Waals surface area (Å²) in [6, 6.07) is 5.87. The second-order valence-corrected chi connectivity index (χ2v) is 12.4. The average Bonchev–Trinajstić information content (AvgIpc) is 2.73. The molecular formula is C30H41NO4. The molecule has 1 aromatic rings. The van der Waals surface area contributed by atoms with Crippen molar-refractivity contribution in [3.63, 3.8) is 0 Å². The molecule has 0 amide bonds. The maximum atomic E-state index is 13.8. The first-order valence-electron chi connectivity index (χ1n) is 13.0. The molecule has 0 spiro atoms. The molecule has 3 aliphatic rings. The molecule has 0 N–H and O–H groups in total. The van der Waals surface area contributed by atoms with Crippen LogP contribution in [0, 0.1) is 16.7 Å². The first-order valence-corrected chi connectivity index (χ1v) is 13.0. The van der Waals surface area contributed by atoms with Crippen molar-refractivity contribution in [2.24, 2.45) is 16.7 Å². The Labute approximate surface area is 210 Å². The van der Waals surface area contributed by atoms with Gasteiger partial charge in [-0.3, -0.25) is 9.59 Å². The minimum Gasteiger partial charge on any atom is -0.493 e. The predicted octanol–water partition coefficient (Wildman–Crippen LogP) is 6.44. The largest absolute Gasteiger partial charge is 0.493 e. The molecule has 0 saturated carbocycles. The van der Waals surface area contributed by atoms with Gasteiger partial charge in [0.05, 0.1) is 13.7 Å². The van der Waals surface area contributed by atoms with Gasteiger partial charge in [-0.15, -0.1) is 0 Å². The van der Waals surface area contributed by atoms with E-state index in [1.165, 1.54) is 0 Å². The third-order valence-electron chi connectivity index (χ3n) is 7.39. The van der Waals surface area contributed by atoms with Crippen LogP contribution in [0.1, 0.15) is 85.6 Å². The van der Waals surface area contributed by atoms with E-state index in [9.17, 15) is 9.59 Å². The van der Waals surface area contributed by atoms with E-state index in [-0.39, 0.29) is 28.3 Å². The van der Waals surface area contributed by atoms with Gasteiger partial charge >= 0.3 is 0 Å². The van der Waals surface area contributed by atoms with E-state index in [1.807, 2.05) is 25.1 Å². The van der Waals surface area contributed by atoms with Gasteiger partial charge in [-0.1, -0.05) is 47.6 Å². The van der Waals surface area contributed by atoms with Crippen LogP contribution < -0.4 is 9.47 Å². The molecule has 35 heavy (non-hydrogen) atoms. The highest BCUT2D eigenvalue weighted by atomic mass is 16.5. The molecule has 2 aliphatic carbocycles. The summed E-state index contributed by atoms with van der Waals surface area (Å²) in [4.78, 5) is 30.0. The van der Waals surface area contributed by atoms with E-state index < -0.39 is 0 Å².